The fraction of sp³-hybridized carbons (Fsp3) is 0.588. The van der Waals surface area contributed by atoms with Crippen LogP contribution in [0.5, 0.6) is 12.0 Å². The summed E-state index contributed by atoms with van der Waals surface area (Å²) in [6, 6.07) is 9.31. The fourth-order valence-corrected chi connectivity index (χ4v) is 7.39. The van der Waals surface area contributed by atoms with Crippen molar-refractivity contribution in [3.63, 3.8) is 0 Å². The second kappa shape index (κ2) is 26.9. The van der Waals surface area contributed by atoms with Gasteiger partial charge in [0.05, 0.1) is 20.3 Å². The molecule has 9 heteroatoms. The maximum absolute atomic E-state index is 6.20. The zero-order valence-electron chi connectivity index (χ0n) is 39.5. The molecule has 2 aromatic heterocycles. The smallest absolute Gasteiger partial charge is 0.320 e. The van der Waals surface area contributed by atoms with Crippen LogP contribution >= 0.6 is 0 Å². The number of nitrogen functional groups attached to an aromatic ring is 1. The summed E-state index contributed by atoms with van der Waals surface area (Å²) in [4.78, 5) is 15.8. The van der Waals surface area contributed by atoms with Gasteiger partial charge in [0.15, 0.2) is 17.0 Å². The minimum atomic E-state index is 0.189. The molecule has 1 aromatic carbocycles. The van der Waals surface area contributed by atoms with Gasteiger partial charge in [-0.1, -0.05) is 96.4 Å². The average molecular weight is 825 g/mol. The lowest BCUT2D eigenvalue weighted by molar-refractivity contribution is 0.141. The second-order valence-corrected chi connectivity index (χ2v) is 17.9. The molecule has 0 aliphatic rings. The van der Waals surface area contributed by atoms with Gasteiger partial charge in [0.1, 0.15) is 6.61 Å². The Morgan fingerprint density at radius 2 is 1.28 bits per heavy atom. The van der Waals surface area contributed by atoms with Crippen molar-refractivity contribution in [1.29, 1.82) is 0 Å². The SMILES string of the molecule is COCCOc1nc(N)c2nc(OC)n(Cc3ccc(CN(C)CCC/C(C)=C/CCC(C)(C)CCC/C(C)=C/CC/C=C(\C)CC/C=C(\C)CCC=C(C)C)cc3)c2n1. The van der Waals surface area contributed by atoms with Crippen molar-refractivity contribution in [2.45, 2.75) is 152 Å². The number of allylic oxidation sites excluding steroid dienone is 10. The van der Waals surface area contributed by atoms with Crippen molar-refractivity contribution < 1.29 is 14.2 Å². The van der Waals surface area contributed by atoms with Gasteiger partial charge in [-0.2, -0.15) is 15.0 Å². The summed E-state index contributed by atoms with van der Waals surface area (Å²) >= 11 is 0. The first kappa shape index (κ1) is 50.1. The summed E-state index contributed by atoms with van der Waals surface area (Å²) in [7, 11) is 5.42. The summed E-state index contributed by atoms with van der Waals surface area (Å²) in [5.41, 5.74) is 17.5. The molecule has 0 spiro atoms. The van der Waals surface area contributed by atoms with E-state index in [1.807, 2.05) is 4.57 Å². The van der Waals surface area contributed by atoms with E-state index in [1.54, 1.807) is 19.8 Å². The quantitative estimate of drug-likeness (QED) is 0.0546. The summed E-state index contributed by atoms with van der Waals surface area (Å²) in [5.74, 6) is 0.248. The Balaban J connectivity index is 1.33. The highest BCUT2D eigenvalue weighted by Crippen LogP contribution is 2.31. The number of anilines is 1. The number of unbranched alkanes of at least 4 members (excludes halogenated alkanes) is 1. The molecule has 0 fully saturated rings. The average Bonchev–Trinajstić information content (AvgIpc) is 3.54. The molecule has 0 atom stereocenters. The van der Waals surface area contributed by atoms with Crippen LogP contribution in [0.2, 0.25) is 0 Å². The Morgan fingerprint density at radius 3 is 1.92 bits per heavy atom. The predicted molar refractivity (Wildman–Crippen MR) is 254 cm³/mol. The van der Waals surface area contributed by atoms with E-state index in [4.69, 9.17) is 19.9 Å². The molecule has 0 aliphatic carbocycles. The highest BCUT2D eigenvalue weighted by molar-refractivity contribution is 5.83. The van der Waals surface area contributed by atoms with Crippen molar-refractivity contribution in [1.82, 2.24) is 24.4 Å². The van der Waals surface area contributed by atoms with Crippen molar-refractivity contribution in [2.24, 2.45) is 5.41 Å². The predicted octanol–water partition coefficient (Wildman–Crippen LogP) is 12.8. The summed E-state index contributed by atoms with van der Waals surface area (Å²) in [6.07, 6.45) is 27.6. The molecule has 0 bridgehead atoms. The van der Waals surface area contributed by atoms with Gasteiger partial charge in [-0.15, -0.1) is 0 Å². The third kappa shape index (κ3) is 19.4. The maximum Gasteiger partial charge on any atom is 0.320 e. The molecule has 60 heavy (non-hydrogen) atoms. The summed E-state index contributed by atoms with van der Waals surface area (Å²) in [6.45, 7) is 21.7. The summed E-state index contributed by atoms with van der Waals surface area (Å²) in [5, 5.41) is 0. The number of fused-ring (bicyclic) bond motifs is 1. The second-order valence-electron chi connectivity index (χ2n) is 17.9. The van der Waals surface area contributed by atoms with E-state index >= 15 is 0 Å². The minimum Gasteiger partial charge on any atom is -0.468 e. The van der Waals surface area contributed by atoms with Crippen LogP contribution in [0.15, 0.2) is 82.5 Å². The van der Waals surface area contributed by atoms with Crippen molar-refractivity contribution in [3.8, 4) is 12.0 Å². The van der Waals surface area contributed by atoms with Crippen molar-refractivity contribution in [3.05, 3.63) is 93.6 Å². The normalized spacial score (nSPS) is 13.1. The van der Waals surface area contributed by atoms with Gasteiger partial charge in [0.25, 0.3) is 6.01 Å². The van der Waals surface area contributed by atoms with Gasteiger partial charge >= 0.3 is 6.01 Å². The number of hydrogen-bond acceptors (Lipinski definition) is 8. The molecule has 3 aromatic rings. The Hall–Kier alpha value is -4.21. The van der Waals surface area contributed by atoms with E-state index in [0.717, 1.165) is 63.6 Å². The largest absolute Gasteiger partial charge is 0.468 e. The van der Waals surface area contributed by atoms with E-state index in [0.29, 0.717) is 42.3 Å². The van der Waals surface area contributed by atoms with E-state index < -0.39 is 0 Å². The molecular weight excluding hydrogens is 745 g/mol. The van der Waals surface area contributed by atoms with E-state index in [1.165, 1.54) is 66.4 Å². The maximum atomic E-state index is 6.20. The highest BCUT2D eigenvalue weighted by atomic mass is 16.5. The lowest BCUT2D eigenvalue weighted by Crippen LogP contribution is -2.19. The first-order valence-corrected chi connectivity index (χ1v) is 22.4. The van der Waals surface area contributed by atoms with E-state index in [-0.39, 0.29) is 11.8 Å². The van der Waals surface area contributed by atoms with Crippen LogP contribution in [0.25, 0.3) is 11.2 Å². The fourth-order valence-electron chi connectivity index (χ4n) is 7.39. The van der Waals surface area contributed by atoms with Crippen LogP contribution in [0.4, 0.5) is 5.82 Å². The zero-order chi connectivity index (χ0) is 43.9. The number of ether oxygens (including phenoxy) is 3. The van der Waals surface area contributed by atoms with Gasteiger partial charge in [-0.25, -0.2) is 0 Å². The third-order valence-corrected chi connectivity index (χ3v) is 11.2. The molecule has 0 unspecified atom stereocenters. The lowest BCUT2D eigenvalue weighted by Gasteiger charge is -2.24. The first-order chi connectivity index (χ1) is 28.7. The van der Waals surface area contributed by atoms with Gasteiger partial charge < -0.3 is 24.8 Å². The Kier molecular flexibility index (Phi) is 22.5. The van der Waals surface area contributed by atoms with Crippen LogP contribution in [-0.4, -0.2) is 65.4 Å². The third-order valence-electron chi connectivity index (χ3n) is 11.2. The molecule has 0 radical (unpaired) electrons. The Morgan fingerprint density at radius 1 is 0.700 bits per heavy atom. The van der Waals surface area contributed by atoms with Crippen LogP contribution in [0.1, 0.15) is 150 Å². The highest BCUT2D eigenvalue weighted by Gasteiger charge is 2.19. The zero-order valence-corrected chi connectivity index (χ0v) is 39.5. The number of aromatic nitrogens is 4. The first-order valence-electron chi connectivity index (χ1n) is 22.4. The van der Waals surface area contributed by atoms with Crippen LogP contribution < -0.4 is 15.2 Å². The lowest BCUT2D eigenvalue weighted by atomic mass is 9.82. The number of nitrogens with two attached hydrogens (primary N) is 1. The number of benzene rings is 1. The van der Waals surface area contributed by atoms with Gasteiger partial charge in [0, 0.05) is 13.7 Å². The standard InChI is InChI=1S/C51H80N6O3/c1-39(2)19-14-22-42(5)24-15-23-40(3)20-12-13-21-41(4)25-16-32-51(7,8)33-17-26-43(6)27-18-34-56(9)37-44-28-30-45(31-29-44)38-57-48-46(53-50(57)59-11)47(52)54-49(55-48)60-36-35-58-10/h19-21,24,26,28-31H,12-18,22-23,25,27,32-38H2,1-11H3,(H2,52,54,55)/b40-20+,41-21+,42-24+,43-26+. The van der Waals surface area contributed by atoms with E-state index in [2.05, 4.69) is 137 Å². The van der Waals surface area contributed by atoms with Crippen molar-refractivity contribution >= 4 is 17.0 Å². The Labute approximate surface area is 364 Å². The van der Waals surface area contributed by atoms with Crippen molar-refractivity contribution in [2.75, 3.05) is 46.8 Å². The monoisotopic (exact) mass is 825 g/mol. The number of rotatable bonds is 29. The minimum absolute atomic E-state index is 0.189. The Bertz CT molecular complexity index is 1880. The van der Waals surface area contributed by atoms with Gasteiger partial charge in [-0.05, 0) is 155 Å². The molecule has 2 heterocycles. The molecule has 2 N–H and O–H groups in total. The molecule has 0 amide bonds. The van der Waals surface area contributed by atoms with Crippen LogP contribution in [0, 0.1) is 5.41 Å². The molecular formula is C51H80N6O3. The molecule has 0 saturated carbocycles. The molecule has 0 saturated heterocycles. The number of methoxy groups -OCH3 is 2. The topological polar surface area (TPSA) is 101 Å². The van der Waals surface area contributed by atoms with Gasteiger partial charge in [0.2, 0.25) is 0 Å². The summed E-state index contributed by atoms with van der Waals surface area (Å²) < 4.78 is 18.2. The molecule has 3 rings (SSSR count). The number of imidazole rings is 1. The van der Waals surface area contributed by atoms with E-state index in [9.17, 15) is 0 Å². The number of hydrogen-bond donors (Lipinski definition) is 1. The molecule has 9 nitrogen and oxygen atoms in total. The number of nitrogens with zero attached hydrogens (tertiary/aromatic N) is 5. The van der Waals surface area contributed by atoms with Crippen LogP contribution in [-0.2, 0) is 17.8 Å². The molecule has 332 valence electrons. The molecule has 0 aliphatic heterocycles. The van der Waals surface area contributed by atoms with Gasteiger partial charge in [-0.3, -0.25) is 4.57 Å². The van der Waals surface area contributed by atoms with Crippen LogP contribution in [0.3, 0.4) is 0 Å².